The van der Waals surface area contributed by atoms with Crippen molar-refractivity contribution in [3.63, 3.8) is 0 Å². The smallest absolute Gasteiger partial charge is 0.255 e. The Hall–Kier alpha value is -1.76. The van der Waals surface area contributed by atoms with Gasteiger partial charge in [-0.05, 0) is 41.8 Å². The number of nitrogens with zero attached hydrogens (tertiary/aromatic N) is 4. The number of likely N-dealkylation sites (tertiary alicyclic amines) is 1. The van der Waals surface area contributed by atoms with Gasteiger partial charge >= 0.3 is 0 Å². The van der Waals surface area contributed by atoms with Crippen molar-refractivity contribution < 1.29 is 9.32 Å². The number of hydrogen-bond acceptors (Lipinski definition) is 5. The monoisotopic (exact) mass is 350 g/mol. The normalized spacial score (nSPS) is 18.8. The molecule has 1 amide bonds. The van der Waals surface area contributed by atoms with Crippen molar-refractivity contribution in [3.05, 3.63) is 40.2 Å². The number of amides is 1. The van der Waals surface area contributed by atoms with Crippen LogP contribution in [0.15, 0.2) is 27.5 Å². The molecule has 1 aliphatic rings. The zero-order valence-corrected chi connectivity index (χ0v) is 13.2. The first-order valence-corrected chi connectivity index (χ1v) is 7.63. The third-order valence-corrected chi connectivity index (χ3v) is 3.99. The van der Waals surface area contributed by atoms with Crippen LogP contribution in [0.1, 0.15) is 40.8 Å². The van der Waals surface area contributed by atoms with Crippen LogP contribution in [0.25, 0.3) is 0 Å². The van der Waals surface area contributed by atoms with Gasteiger partial charge in [-0.3, -0.25) is 9.78 Å². The highest BCUT2D eigenvalue weighted by Crippen LogP contribution is 2.26. The molecular weight excluding hydrogens is 336 g/mol. The topological polar surface area (TPSA) is 72.1 Å². The number of pyridine rings is 1. The van der Waals surface area contributed by atoms with E-state index in [1.165, 1.54) is 0 Å². The minimum Gasteiger partial charge on any atom is -0.339 e. The van der Waals surface area contributed by atoms with E-state index in [1.807, 2.05) is 4.90 Å². The molecule has 1 saturated heterocycles. The lowest BCUT2D eigenvalue weighted by molar-refractivity contribution is 0.0695. The number of aromatic nitrogens is 3. The molecule has 0 aromatic carbocycles. The molecule has 0 saturated carbocycles. The van der Waals surface area contributed by atoms with E-state index in [0.717, 1.165) is 23.9 Å². The van der Waals surface area contributed by atoms with E-state index in [9.17, 15) is 4.79 Å². The first kappa shape index (κ1) is 14.2. The average Bonchev–Trinajstić information content (AvgIpc) is 2.93. The van der Waals surface area contributed by atoms with Gasteiger partial charge in [-0.15, -0.1) is 0 Å². The molecule has 110 valence electrons. The van der Waals surface area contributed by atoms with Crippen molar-refractivity contribution in [1.82, 2.24) is 20.0 Å². The Morgan fingerprint density at radius 2 is 2.33 bits per heavy atom. The zero-order chi connectivity index (χ0) is 14.8. The van der Waals surface area contributed by atoms with Crippen LogP contribution in [0.5, 0.6) is 0 Å². The molecule has 0 spiro atoms. The number of piperidine rings is 1. The second-order valence-electron chi connectivity index (χ2n) is 5.16. The van der Waals surface area contributed by atoms with Gasteiger partial charge < -0.3 is 9.42 Å². The molecule has 1 aliphatic heterocycles. The van der Waals surface area contributed by atoms with Gasteiger partial charge in [0, 0.05) is 30.0 Å². The molecule has 0 N–H and O–H groups in total. The molecule has 2 aromatic heterocycles. The van der Waals surface area contributed by atoms with Crippen molar-refractivity contribution in [1.29, 1.82) is 0 Å². The largest absolute Gasteiger partial charge is 0.339 e. The maximum absolute atomic E-state index is 12.5. The van der Waals surface area contributed by atoms with Crippen LogP contribution < -0.4 is 0 Å². The molecule has 2 aromatic rings. The summed E-state index contributed by atoms with van der Waals surface area (Å²) in [5, 5.41) is 3.83. The summed E-state index contributed by atoms with van der Waals surface area (Å²) in [6, 6.07) is 1.79. The molecule has 7 heteroatoms. The Balaban J connectivity index is 1.75. The summed E-state index contributed by atoms with van der Waals surface area (Å²) in [6.45, 7) is 3.15. The summed E-state index contributed by atoms with van der Waals surface area (Å²) >= 11 is 3.34. The minimum atomic E-state index is -0.00950. The van der Waals surface area contributed by atoms with E-state index in [0.29, 0.717) is 23.8 Å². The SMILES string of the molecule is Cc1noc([C@@H]2CCCN(C(=O)c3cncc(Br)c3)C2)n1. The predicted molar refractivity (Wildman–Crippen MR) is 78.9 cm³/mol. The lowest BCUT2D eigenvalue weighted by Gasteiger charge is -2.31. The summed E-state index contributed by atoms with van der Waals surface area (Å²) < 4.78 is 6.04. The number of aryl methyl sites for hydroxylation is 1. The van der Waals surface area contributed by atoms with Gasteiger partial charge in [-0.1, -0.05) is 5.16 Å². The van der Waals surface area contributed by atoms with Crippen LogP contribution in [0.3, 0.4) is 0 Å². The zero-order valence-electron chi connectivity index (χ0n) is 11.6. The van der Waals surface area contributed by atoms with Crippen LogP contribution >= 0.6 is 15.9 Å². The highest BCUT2D eigenvalue weighted by Gasteiger charge is 2.28. The number of rotatable bonds is 2. The van der Waals surface area contributed by atoms with Gasteiger partial charge in [0.15, 0.2) is 5.82 Å². The van der Waals surface area contributed by atoms with Gasteiger partial charge in [0.1, 0.15) is 0 Å². The number of carbonyl (C=O) groups excluding carboxylic acids is 1. The molecule has 1 fully saturated rings. The van der Waals surface area contributed by atoms with Crippen molar-refractivity contribution in [2.24, 2.45) is 0 Å². The van der Waals surface area contributed by atoms with Crippen LogP contribution in [0.2, 0.25) is 0 Å². The van der Waals surface area contributed by atoms with E-state index in [-0.39, 0.29) is 11.8 Å². The van der Waals surface area contributed by atoms with Gasteiger partial charge in [0.25, 0.3) is 5.91 Å². The number of halogens is 1. The molecule has 0 unspecified atom stereocenters. The van der Waals surface area contributed by atoms with Crippen LogP contribution in [-0.2, 0) is 0 Å². The maximum Gasteiger partial charge on any atom is 0.255 e. The number of carbonyl (C=O) groups is 1. The molecule has 0 radical (unpaired) electrons. The Labute approximate surface area is 130 Å². The molecule has 1 atom stereocenters. The Bertz CT molecular complexity index is 658. The van der Waals surface area contributed by atoms with E-state index >= 15 is 0 Å². The maximum atomic E-state index is 12.5. The quantitative estimate of drug-likeness (QED) is 0.832. The van der Waals surface area contributed by atoms with E-state index in [2.05, 4.69) is 31.1 Å². The minimum absolute atomic E-state index is 0.00950. The molecule has 21 heavy (non-hydrogen) atoms. The van der Waals surface area contributed by atoms with Crippen molar-refractivity contribution in [2.45, 2.75) is 25.7 Å². The summed E-state index contributed by atoms with van der Waals surface area (Å²) in [5.41, 5.74) is 0.590. The van der Waals surface area contributed by atoms with Crippen molar-refractivity contribution >= 4 is 21.8 Å². The lowest BCUT2D eigenvalue weighted by atomic mass is 9.97. The Kier molecular flexibility index (Phi) is 4.01. The first-order chi connectivity index (χ1) is 10.1. The molecule has 0 aliphatic carbocycles. The molecular formula is C14H15BrN4O2. The third kappa shape index (κ3) is 3.12. The second kappa shape index (κ2) is 5.93. The molecule has 3 rings (SSSR count). The first-order valence-electron chi connectivity index (χ1n) is 6.83. The lowest BCUT2D eigenvalue weighted by Crippen LogP contribution is -2.39. The fourth-order valence-corrected chi connectivity index (χ4v) is 2.92. The van der Waals surface area contributed by atoms with E-state index in [4.69, 9.17) is 4.52 Å². The molecule has 3 heterocycles. The summed E-state index contributed by atoms with van der Waals surface area (Å²) in [5.74, 6) is 1.36. The predicted octanol–water partition coefficient (Wildman–Crippen LogP) is 2.56. The fraction of sp³-hybridized carbons (Fsp3) is 0.429. The van der Waals surface area contributed by atoms with Crippen LogP contribution in [0, 0.1) is 6.92 Å². The third-order valence-electron chi connectivity index (χ3n) is 3.55. The van der Waals surface area contributed by atoms with Gasteiger partial charge in [-0.2, -0.15) is 4.98 Å². The van der Waals surface area contributed by atoms with Crippen LogP contribution in [0.4, 0.5) is 0 Å². The van der Waals surface area contributed by atoms with Crippen molar-refractivity contribution in [2.75, 3.05) is 13.1 Å². The highest BCUT2D eigenvalue weighted by molar-refractivity contribution is 9.10. The average molecular weight is 351 g/mol. The van der Waals surface area contributed by atoms with Gasteiger partial charge in [-0.25, -0.2) is 0 Å². The Morgan fingerprint density at radius 1 is 1.48 bits per heavy atom. The Morgan fingerprint density at radius 3 is 3.05 bits per heavy atom. The van der Waals surface area contributed by atoms with Crippen LogP contribution in [-0.4, -0.2) is 39.0 Å². The molecule has 6 nitrogen and oxygen atoms in total. The second-order valence-corrected chi connectivity index (χ2v) is 6.08. The molecule has 0 bridgehead atoms. The summed E-state index contributed by atoms with van der Waals surface area (Å²) in [7, 11) is 0. The van der Waals surface area contributed by atoms with Gasteiger partial charge in [0.2, 0.25) is 5.89 Å². The van der Waals surface area contributed by atoms with E-state index in [1.54, 1.807) is 25.4 Å². The van der Waals surface area contributed by atoms with E-state index < -0.39 is 0 Å². The number of hydrogen-bond donors (Lipinski definition) is 0. The summed E-state index contributed by atoms with van der Waals surface area (Å²) in [4.78, 5) is 22.7. The fourth-order valence-electron chi connectivity index (χ4n) is 2.55. The van der Waals surface area contributed by atoms with Crippen molar-refractivity contribution in [3.8, 4) is 0 Å². The van der Waals surface area contributed by atoms with Gasteiger partial charge in [0.05, 0.1) is 11.5 Å². The highest BCUT2D eigenvalue weighted by atomic mass is 79.9. The summed E-state index contributed by atoms with van der Waals surface area (Å²) in [6.07, 6.45) is 5.14. The standard InChI is InChI=1S/C14H15BrN4O2/c1-9-17-13(21-18-9)10-3-2-4-19(8-10)14(20)11-5-12(15)7-16-6-11/h5-7,10H,2-4,8H2,1H3/t10-/m1/s1.